The molecule has 2 nitrogen and oxygen atoms in total. The molecule has 0 amide bonds. The van der Waals surface area contributed by atoms with E-state index in [2.05, 4.69) is 0 Å². The second kappa shape index (κ2) is 5.66. The van der Waals surface area contributed by atoms with Crippen LogP contribution in [0.2, 0.25) is 0 Å². The monoisotopic (exact) mass is 244 g/mol. The second-order valence-electron chi connectivity index (χ2n) is 3.56. The van der Waals surface area contributed by atoms with Crippen molar-refractivity contribution in [1.82, 2.24) is 0 Å². The van der Waals surface area contributed by atoms with E-state index in [1.54, 1.807) is 17.8 Å². The van der Waals surface area contributed by atoms with Crippen LogP contribution < -0.4 is 0 Å². The third-order valence-electron chi connectivity index (χ3n) is 2.38. The molecule has 0 saturated heterocycles. The number of aliphatic hydroxyl groups is 1. The summed E-state index contributed by atoms with van der Waals surface area (Å²) in [4.78, 5) is 12.9. The third kappa shape index (κ3) is 2.96. The minimum atomic E-state index is 0.0515. The lowest BCUT2D eigenvalue weighted by Gasteiger charge is -2.04. The Labute approximate surface area is 104 Å². The Hall–Kier alpha value is -1.58. The normalized spacial score (nSPS) is 10.2. The van der Waals surface area contributed by atoms with Gasteiger partial charge in [-0.2, -0.15) is 0 Å². The first-order valence-electron chi connectivity index (χ1n) is 5.25. The summed E-state index contributed by atoms with van der Waals surface area (Å²) in [6, 6.07) is 15.1. The Kier molecular flexibility index (Phi) is 3.96. The molecule has 17 heavy (non-hydrogen) atoms. The molecule has 86 valence electrons. The molecule has 0 radical (unpaired) electrons. The van der Waals surface area contributed by atoms with Gasteiger partial charge in [-0.1, -0.05) is 42.1 Å². The summed E-state index contributed by atoms with van der Waals surface area (Å²) in [5.74, 6) is 0. The highest BCUT2D eigenvalue weighted by Crippen LogP contribution is 2.29. The van der Waals surface area contributed by atoms with Gasteiger partial charge in [0, 0.05) is 15.4 Å². The molecule has 2 aromatic carbocycles. The maximum atomic E-state index is 10.9. The molecule has 0 bridgehead atoms. The van der Waals surface area contributed by atoms with Crippen molar-refractivity contribution in [3.05, 3.63) is 59.7 Å². The number of carbonyl (C=O) groups is 1. The molecule has 3 heteroatoms. The maximum absolute atomic E-state index is 10.9. The molecule has 1 N–H and O–H groups in total. The van der Waals surface area contributed by atoms with Crippen LogP contribution in [-0.2, 0) is 6.61 Å². The van der Waals surface area contributed by atoms with Gasteiger partial charge in [0.2, 0.25) is 0 Å². The molecule has 0 aliphatic heterocycles. The van der Waals surface area contributed by atoms with Gasteiger partial charge in [-0.25, -0.2) is 0 Å². The smallest absolute Gasteiger partial charge is 0.151 e. The summed E-state index contributed by atoms with van der Waals surface area (Å²) in [7, 11) is 0. The van der Waals surface area contributed by atoms with E-state index in [1.165, 1.54) is 0 Å². The van der Waals surface area contributed by atoms with Crippen LogP contribution in [0.3, 0.4) is 0 Å². The van der Waals surface area contributed by atoms with Crippen LogP contribution in [0.25, 0.3) is 0 Å². The summed E-state index contributed by atoms with van der Waals surface area (Å²) in [6.07, 6.45) is 0.866. The predicted molar refractivity (Wildman–Crippen MR) is 68.3 cm³/mol. The number of hydrogen-bond acceptors (Lipinski definition) is 3. The average Bonchev–Trinajstić information content (AvgIpc) is 2.40. The summed E-state index contributed by atoms with van der Waals surface area (Å²) >= 11 is 1.55. The summed E-state index contributed by atoms with van der Waals surface area (Å²) < 4.78 is 0. The van der Waals surface area contributed by atoms with Gasteiger partial charge in [0.1, 0.15) is 0 Å². The fourth-order valence-corrected chi connectivity index (χ4v) is 2.37. The van der Waals surface area contributed by atoms with Crippen molar-refractivity contribution in [3.8, 4) is 0 Å². The number of hydrogen-bond donors (Lipinski definition) is 1. The Bertz CT molecular complexity index is 506. The molecule has 2 rings (SSSR count). The lowest BCUT2D eigenvalue weighted by atomic mass is 10.2. The quantitative estimate of drug-likeness (QED) is 0.839. The van der Waals surface area contributed by atoms with Crippen molar-refractivity contribution < 1.29 is 9.90 Å². The van der Waals surface area contributed by atoms with Crippen molar-refractivity contribution in [2.24, 2.45) is 0 Å². The Morgan fingerprint density at radius 1 is 1.06 bits per heavy atom. The molecule has 0 saturated carbocycles. The molecule has 0 spiro atoms. The van der Waals surface area contributed by atoms with Gasteiger partial charge < -0.3 is 5.11 Å². The van der Waals surface area contributed by atoms with Crippen LogP contribution in [0.5, 0.6) is 0 Å². The van der Waals surface area contributed by atoms with Crippen molar-refractivity contribution in [2.45, 2.75) is 16.4 Å². The minimum Gasteiger partial charge on any atom is -0.392 e. The Morgan fingerprint density at radius 2 is 1.76 bits per heavy atom. The van der Waals surface area contributed by atoms with Crippen LogP contribution in [0, 0.1) is 0 Å². The van der Waals surface area contributed by atoms with Gasteiger partial charge in [-0.15, -0.1) is 0 Å². The second-order valence-corrected chi connectivity index (χ2v) is 4.68. The van der Waals surface area contributed by atoms with Crippen LogP contribution in [0.4, 0.5) is 0 Å². The van der Waals surface area contributed by atoms with Crippen molar-refractivity contribution in [1.29, 1.82) is 0 Å². The van der Waals surface area contributed by atoms with Gasteiger partial charge in [0.05, 0.1) is 6.61 Å². The van der Waals surface area contributed by atoms with Gasteiger partial charge >= 0.3 is 0 Å². The van der Waals surface area contributed by atoms with E-state index in [0.717, 1.165) is 21.6 Å². The van der Waals surface area contributed by atoms with Crippen molar-refractivity contribution in [3.63, 3.8) is 0 Å². The zero-order valence-corrected chi connectivity index (χ0v) is 9.98. The lowest BCUT2D eigenvalue weighted by molar-refractivity contribution is 0.112. The number of benzene rings is 2. The van der Waals surface area contributed by atoms with E-state index >= 15 is 0 Å². The number of aliphatic hydroxyl groups excluding tert-OH is 1. The maximum Gasteiger partial charge on any atom is 0.151 e. The summed E-state index contributed by atoms with van der Waals surface area (Å²) in [5, 5.41) is 8.95. The Morgan fingerprint density at radius 3 is 2.41 bits per heavy atom. The third-order valence-corrected chi connectivity index (χ3v) is 3.48. The highest BCUT2D eigenvalue weighted by atomic mass is 32.2. The molecule has 0 unspecified atom stereocenters. The number of aldehydes is 1. The van der Waals surface area contributed by atoms with Crippen LogP contribution >= 0.6 is 11.8 Å². The summed E-state index contributed by atoms with van der Waals surface area (Å²) in [5.41, 5.74) is 1.58. The molecule has 0 aromatic heterocycles. The fraction of sp³-hybridized carbons (Fsp3) is 0.0714. The van der Waals surface area contributed by atoms with Crippen LogP contribution in [0.15, 0.2) is 58.3 Å². The molecular formula is C14H12O2S. The average molecular weight is 244 g/mol. The number of carbonyl (C=O) groups excluding carboxylic acids is 1. The zero-order chi connectivity index (χ0) is 12.1. The van der Waals surface area contributed by atoms with E-state index in [-0.39, 0.29) is 6.61 Å². The predicted octanol–water partition coefficient (Wildman–Crippen LogP) is 3.14. The van der Waals surface area contributed by atoms with E-state index in [0.29, 0.717) is 5.56 Å². The van der Waals surface area contributed by atoms with E-state index in [9.17, 15) is 4.79 Å². The van der Waals surface area contributed by atoms with E-state index in [4.69, 9.17) is 5.11 Å². The van der Waals surface area contributed by atoms with Gasteiger partial charge in [0.15, 0.2) is 6.29 Å². The molecule has 0 atom stereocenters. The molecule has 0 aliphatic rings. The van der Waals surface area contributed by atoms with Crippen LogP contribution in [-0.4, -0.2) is 11.4 Å². The topological polar surface area (TPSA) is 37.3 Å². The van der Waals surface area contributed by atoms with Gasteiger partial charge in [-0.3, -0.25) is 4.79 Å². The van der Waals surface area contributed by atoms with Crippen molar-refractivity contribution >= 4 is 18.0 Å². The highest BCUT2D eigenvalue weighted by Gasteiger charge is 2.02. The summed E-state index contributed by atoms with van der Waals surface area (Å²) in [6.45, 7) is 0.0515. The largest absolute Gasteiger partial charge is 0.392 e. The molecule has 0 heterocycles. The lowest BCUT2D eigenvalue weighted by Crippen LogP contribution is -1.85. The zero-order valence-electron chi connectivity index (χ0n) is 9.17. The molecule has 0 fully saturated rings. The van der Waals surface area contributed by atoms with Crippen molar-refractivity contribution in [2.75, 3.05) is 0 Å². The number of rotatable bonds is 4. The molecular weight excluding hydrogens is 232 g/mol. The Balaban J connectivity index is 2.22. The van der Waals surface area contributed by atoms with Crippen LogP contribution in [0.1, 0.15) is 15.9 Å². The fourth-order valence-electron chi connectivity index (χ4n) is 1.46. The molecule has 0 aliphatic carbocycles. The van der Waals surface area contributed by atoms with E-state index < -0.39 is 0 Å². The highest BCUT2D eigenvalue weighted by molar-refractivity contribution is 7.99. The standard InChI is InChI=1S/C14H12O2S/c15-9-11-5-7-13(8-6-11)17-14-4-2-1-3-12(14)10-16/h1-8,10,15H,9H2. The first kappa shape index (κ1) is 11.9. The molecule has 2 aromatic rings. The van der Waals surface area contributed by atoms with Gasteiger partial charge in [-0.05, 0) is 23.8 Å². The first-order chi connectivity index (χ1) is 8.33. The first-order valence-corrected chi connectivity index (χ1v) is 6.07. The SMILES string of the molecule is O=Cc1ccccc1Sc1ccc(CO)cc1. The minimum absolute atomic E-state index is 0.0515. The van der Waals surface area contributed by atoms with Gasteiger partial charge in [0.25, 0.3) is 0 Å². The van der Waals surface area contributed by atoms with E-state index in [1.807, 2.05) is 42.5 Å².